The number of alkyl halides is 3. The summed E-state index contributed by atoms with van der Waals surface area (Å²) in [5.41, 5.74) is 1.15. The standard InChI is InChI=1S/C27H25F3N2O4/c1-15(2)22-23(36-24(31-22)16-4-6-18(7-5-16)27(28,29)30)26(10-11-26)14-35-19-8-9-20-17(12-19)13-21(25(33)34)32(20)3/h4-9,12-13,15H,10-11,14H2,1-3H3,(H,33,34). The third-order valence-corrected chi connectivity index (χ3v) is 6.74. The number of carboxylic acids is 1. The van der Waals surface area contributed by atoms with Gasteiger partial charge in [-0.3, -0.25) is 0 Å². The van der Waals surface area contributed by atoms with Crippen LogP contribution in [0.2, 0.25) is 0 Å². The molecule has 1 N–H and O–H groups in total. The van der Waals surface area contributed by atoms with Crippen molar-refractivity contribution in [3.05, 3.63) is 71.2 Å². The molecule has 1 aliphatic carbocycles. The number of rotatable bonds is 7. The maximum absolute atomic E-state index is 12.9. The molecule has 1 aliphatic rings. The molecule has 9 heteroatoms. The number of hydrogen-bond donors (Lipinski definition) is 1. The van der Waals surface area contributed by atoms with Crippen LogP contribution in [-0.2, 0) is 18.6 Å². The van der Waals surface area contributed by atoms with Crippen molar-refractivity contribution in [2.45, 2.75) is 44.2 Å². The first-order valence-electron chi connectivity index (χ1n) is 11.6. The maximum atomic E-state index is 12.9. The van der Waals surface area contributed by atoms with Gasteiger partial charge in [-0.25, -0.2) is 9.78 Å². The Bertz CT molecular complexity index is 1440. The van der Waals surface area contributed by atoms with Crippen LogP contribution in [0.15, 0.2) is 52.9 Å². The number of carbonyl (C=O) groups is 1. The Labute approximate surface area is 205 Å². The second-order valence-electron chi connectivity index (χ2n) is 9.65. The molecule has 2 aromatic carbocycles. The zero-order valence-electron chi connectivity index (χ0n) is 20.0. The highest BCUT2D eigenvalue weighted by molar-refractivity contribution is 5.95. The molecule has 0 unspecified atom stereocenters. The molecule has 0 radical (unpaired) electrons. The molecule has 2 aromatic heterocycles. The van der Waals surface area contributed by atoms with Gasteiger partial charge in [-0.1, -0.05) is 13.8 Å². The molecule has 6 nitrogen and oxygen atoms in total. The van der Waals surface area contributed by atoms with E-state index >= 15 is 0 Å². The Morgan fingerprint density at radius 2 is 1.86 bits per heavy atom. The monoisotopic (exact) mass is 498 g/mol. The van der Waals surface area contributed by atoms with Crippen LogP contribution in [0.3, 0.4) is 0 Å². The average Bonchev–Trinajstić information content (AvgIpc) is 3.34. The van der Waals surface area contributed by atoms with E-state index in [0.29, 0.717) is 29.6 Å². The van der Waals surface area contributed by atoms with E-state index in [0.717, 1.165) is 41.6 Å². The minimum Gasteiger partial charge on any atom is -0.493 e. The Balaban J connectivity index is 1.40. The molecule has 2 heterocycles. The van der Waals surface area contributed by atoms with Crippen LogP contribution in [0.5, 0.6) is 5.75 Å². The normalized spacial score (nSPS) is 15.0. The first-order chi connectivity index (χ1) is 17.0. The zero-order chi connectivity index (χ0) is 25.8. The molecular weight excluding hydrogens is 473 g/mol. The van der Waals surface area contributed by atoms with Crippen molar-refractivity contribution in [2.24, 2.45) is 7.05 Å². The van der Waals surface area contributed by atoms with Crippen LogP contribution >= 0.6 is 0 Å². The van der Waals surface area contributed by atoms with Crippen molar-refractivity contribution >= 4 is 16.9 Å². The summed E-state index contributed by atoms with van der Waals surface area (Å²) in [6.07, 6.45) is -2.73. The van der Waals surface area contributed by atoms with Crippen molar-refractivity contribution in [2.75, 3.05) is 6.61 Å². The van der Waals surface area contributed by atoms with Gasteiger partial charge in [0.2, 0.25) is 5.89 Å². The van der Waals surface area contributed by atoms with Gasteiger partial charge in [0.05, 0.1) is 16.7 Å². The molecule has 0 spiro atoms. The van der Waals surface area contributed by atoms with E-state index in [9.17, 15) is 23.1 Å². The third kappa shape index (κ3) is 4.23. The minimum atomic E-state index is -4.41. The van der Waals surface area contributed by atoms with Gasteiger partial charge in [0.25, 0.3) is 0 Å². The summed E-state index contributed by atoms with van der Waals surface area (Å²) in [4.78, 5) is 16.1. The lowest BCUT2D eigenvalue weighted by molar-refractivity contribution is -0.137. The van der Waals surface area contributed by atoms with Crippen LogP contribution in [0.25, 0.3) is 22.4 Å². The quantitative estimate of drug-likeness (QED) is 0.304. The van der Waals surface area contributed by atoms with Gasteiger partial charge >= 0.3 is 12.1 Å². The Morgan fingerprint density at radius 1 is 1.17 bits per heavy atom. The predicted octanol–water partition coefficient (Wildman–Crippen LogP) is 6.78. The lowest BCUT2D eigenvalue weighted by Gasteiger charge is -2.16. The van der Waals surface area contributed by atoms with Crippen LogP contribution in [-0.4, -0.2) is 27.2 Å². The number of nitrogens with zero attached hydrogens (tertiary/aromatic N) is 2. The summed E-state index contributed by atoms with van der Waals surface area (Å²) >= 11 is 0. The predicted molar refractivity (Wildman–Crippen MR) is 127 cm³/mol. The topological polar surface area (TPSA) is 77.5 Å². The second-order valence-corrected chi connectivity index (χ2v) is 9.65. The molecule has 36 heavy (non-hydrogen) atoms. The average molecular weight is 499 g/mol. The van der Waals surface area contributed by atoms with E-state index in [4.69, 9.17) is 9.15 Å². The summed E-state index contributed by atoms with van der Waals surface area (Å²) in [7, 11) is 1.71. The van der Waals surface area contributed by atoms with E-state index in [2.05, 4.69) is 4.98 Å². The Hall–Kier alpha value is -3.75. The smallest absolute Gasteiger partial charge is 0.416 e. The van der Waals surface area contributed by atoms with Crippen molar-refractivity contribution in [3.63, 3.8) is 0 Å². The largest absolute Gasteiger partial charge is 0.493 e. The molecule has 0 amide bonds. The number of benzene rings is 2. The fourth-order valence-corrected chi connectivity index (χ4v) is 4.46. The van der Waals surface area contributed by atoms with Gasteiger partial charge in [-0.15, -0.1) is 0 Å². The maximum Gasteiger partial charge on any atom is 0.416 e. The molecule has 5 rings (SSSR count). The summed E-state index contributed by atoms with van der Waals surface area (Å²) in [6, 6.07) is 11.9. The van der Waals surface area contributed by atoms with E-state index in [1.54, 1.807) is 23.7 Å². The highest BCUT2D eigenvalue weighted by Crippen LogP contribution is 2.51. The van der Waals surface area contributed by atoms with E-state index in [-0.39, 0.29) is 17.0 Å². The highest BCUT2D eigenvalue weighted by atomic mass is 19.4. The lowest BCUT2D eigenvalue weighted by Crippen LogP contribution is -2.19. The number of aryl methyl sites for hydroxylation is 1. The van der Waals surface area contributed by atoms with Gasteiger partial charge in [0.1, 0.15) is 23.8 Å². The fraction of sp³-hybridized carbons (Fsp3) is 0.333. The molecule has 188 valence electrons. The van der Waals surface area contributed by atoms with Crippen LogP contribution in [0, 0.1) is 0 Å². The van der Waals surface area contributed by atoms with Crippen molar-refractivity contribution < 1.29 is 32.2 Å². The van der Waals surface area contributed by atoms with Crippen molar-refractivity contribution in [1.29, 1.82) is 0 Å². The molecule has 0 saturated heterocycles. The molecule has 1 saturated carbocycles. The Morgan fingerprint density at radius 3 is 2.44 bits per heavy atom. The van der Waals surface area contributed by atoms with Crippen LogP contribution < -0.4 is 4.74 Å². The number of ether oxygens (including phenoxy) is 1. The molecule has 4 aromatic rings. The van der Waals surface area contributed by atoms with Gasteiger partial charge in [0.15, 0.2) is 0 Å². The fourth-order valence-electron chi connectivity index (χ4n) is 4.46. The number of aromatic nitrogens is 2. The number of carboxylic acid groups (broad SMARTS) is 1. The Kier molecular flexibility index (Phi) is 5.61. The number of aromatic carboxylic acids is 1. The van der Waals surface area contributed by atoms with E-state index in [1.807, 2.05) is 26.0 Å². The van der Waals surface area contributed by atoms with Gasteiger partial charge < -0.3 is 18.8 Å². The minimum absolute atomic E-state index is 0.0551. The van der Waals surface area contributed by atoms with Gasteiger partial charge in [-0.05, 0) is 67.3 Å². The van der Waals surface area contributed by atoms with Crippen LogP contribution in [0.1, 0.15) is 60.1 Å². The summed E-state index contributed by atoms with van der Waals surface area (Å²) in [5.74, 6) is 0.676. The molecule has 0 atom stereocenters. The summed E-state index contributed by atoms with van der Waals surface area (Å²) in [5, 5.41) is 10.1. The zero-order valence-corrected chi connectivity index (χ0v) is 20.0. The van der Waals surface area contributed by atoms with Crippen LogP contribution in [0.4, 0.5) is 13.2 Å². The number of oxazole rings is 1. The van der Waals surface area contributed by atoms with E-state index < -0.39 is 17.7 Å². The summed E-state index contributed by atoms with van der Waals surface area (Å²) < 4.78 is 52.8. The first-order valence-corrected chi connectivity index (χ1v) is 11.6. The molecule has 0 bridgehead atoms. The summed E-state index contributed by atoms with van der Waals surface area (Å²) in [6.45, 7) is 4.34. The number of hydrogen-bond acceptors (Lipinski definition) is 4. The SMILES string of the molecule is CC(C)c1nc(-c2ccc(C(F)(F)F)cc2)oc1C1(COc2ccc3c(c2)cc(C(=O)O)n3C)CC1. The molecule has 0 aliphatic heterocycles. The van der Waals surface area contributed by atoms with Gasteiger partial charge in [0, 0.05) is 23.5 Å². The second kappa shape index (κ2) is 8.43. The van der Waals surface area contributed by atoms with Crippen molar-refractivity contribution in [3.8, 4) is 17.2 Å². The van der Waals surface area contributed by atoms with E-state index in [1.165, 1.54) is 12.1 Å². The highest BCUT2D eigenvalue weighted by Gasteiger charge is 2.50. The van der Waals surface area contributed by atoms with Gasteiger partial charge in [-0.2, -0.15) is 13.2 Å². The third-order valence-electron chi connectivity index (χ3n) is 6.74. The molecule has 1 fully saturated rings. The number of fused-ring (bicyclic) bond motifs is 1. The first kappa shape index (κ1) is 24.0. The lowest BCUT2D eigenvalue weighted by atomic mass is 9.98. The van der Waals surface area contributed by atoms with Crippen molar-refractivity contribution in [1.82, 2.24) is 9.55 Å². The number of halogens is 3. The molecular formula is C27H25F3N2O4.